The first kappa shape index (κ1) is 21.8. The average Bonchev–Trinajstić information content (AvgIpc) is 3.19. The molecule has 0 aliphatic rings. The standard InChI is InChI=1S/C28H23F2N3O/c29-22-9-5-20(6-10-22)25(21-7-11-23(30)12-8-21)3-1-2-19-4-13-27-26(18-19)32-28(34)33(27)24-14-16-31-17-15-24/h4-18,25H,1-3H2,(H,32,34). The lowest BCUT2D eigenvalue weighted by molar-refractivity contribution is 0.618. The van der Waals surface area contributed by atoms with Crippen LogP contribution < -0.4 is 5.69 Å². The van der Waals surface area contributed by atoms with Crippen molar-refractivity contribution >= 4 is 11.0 Å². The van der Waals surface area contributed by atoms with Gasteiger partial charge in [0.2, 0.25) is 0 Å². The number of rotatable bonds is 7. The summed E-state index contributed by atoms with van der Waals surface area (Å²) in [5.74, 6) is -0.511. The van der Waals surface area contributed by atoms with Gasteiger partial charge in [0.15, 0.2) is 0 Å². The van der Waals surface area contributed by atoms with Crippen LogP contribution in [0.1, 0.15) is 35.4 Å². The molecule has 5 aromatic rings. The van der Waals surface area contributed by atoms with Crippen molar-refractivity contribution in [3.05, 3.63) is 130 Å². The molecule has 4 nitrogen and oxygen atoms in total. The summed E-state index contributed by atoms with van der Waals surface area (Å²) in [5, 5.41) is 0. The minimum Gasteiger partial charge on any atom is -0.305 e. The van der Waals surface area contributed by atoms with Crippen LogP contribution in [-0.2, 0) is 6.42 Å². The van der Waals surface area contributed by atoms with E-state index in [1.165, 1.54) is 24.3 Å². The molecule has 0 spiro atoms. The van der Waals surface area contributed by atoms with Crippen molar-refractivity contribution in [3.8, 4) is 5.69 Å². The zero-order chi connectivity index (χ0) is 23.5. The Hall–Kier alpha value is -4.06. The summed E-state index contributed by atoms with van der Waals surface area (Å²) in [6, 6.07) is 22.6. The number of nitrogens with one attached hydrogen (secondary N) is 1. The van der Waals surface area contributed by atoms with E-state index in [1.54, 1.807) is 53.4 Å². The van der Waals surface area contributed by atoms with E-state index in [2.05, 4.69) is 9.97 Å². The largest absolute Gasteiger partial charge is 0.331 e. The molecule has 0 radical (unpaired) electrons. The fraction of sp³-hybridized carbons (Fsp3) is 0.143. The number of fused-ring (bicyclic) bond motifs is 1. The Morgan fingerprint density at radius 1 is 0.824 bits per heavy atom. The summed E-state index contributed by atoms with van der Waals surface area (Å²) in [4.78, 5) is 19.5. The number of benzene rings is 3. The molecule has 0 saturated carbocycles. The Balaban J connectivity index is 1.35. The van der Waals surface area contributed by atoms with E-state index >= 15 is 0 Å². The number of pyridine rings is 1. The summed E-state index contributed by atoms with van der Waals surface area (Å²) in [6.07, 6.45) is 5.84. The number of aromatic nitrogens is 3. The number of H-pyrrole nitrogens is 1. The molecule has 2 heterocycles. The number of aryl methyl sites for hydroxylation is 1. The van der Waals surface area contributed by atoms with Crippen molar-refractivity contribution < 1.29 is 8.78 Å². The maximum absolute atomic E-state index is 13.5. The number of hydrogen-bond acceptors (Lipinski definition) is 2. The van der Waals surface area contributed by atoms with Gasteiger partial charge >= 0.3 is 5.69 Å². The molecule has 0 atom stereocenters. The maximum Gasteiger partial charge on any atom is 0.331 e. The minimum atomic E-state index is -0.275. The second-order valence-corrected chi connectivity index (χ2v) is 8.37. The zero-order valence-corrected chi connectivity index (χ0v) is 18.4. The van der Waals surface area contributed by atoms with Gasteiger partial charge in [0.05, 0.1) is 16.7 Å². The van der Waals surface area contributed by atoms with Gasteiger partial charge in [-0.3, -0.25) is 9.55 Å². The van der Waals surface area contributed by atoms with Gasteiger partial charge in [-0.15, -0.1) is 0 Å². The quantitative estimate of drug-likeness (QED) is 0.320. The Labute approximate surface area is 195 Å². The molecule has 0 aliphatic heterocycles. The number of hydrogen-bond donors (Lipinski definition) is 1. The van der Waals surface area contributed by atoms with Crippen molar-refractivity contribution in [3.63, 3.8) is 0 Å². The lowest BCUT2D eigenvalue weighted by Gasteiger charge is -2.18. The Bertz CT molecular complexity index is 1410. The fourth-order valence-corrected chi connectivity index (χ4v) is 4.49. The first-order valence-electron chi connectivity index (χ1n) is 11.2. The van der Waals surface area contributed by atoms with Crippen LogP contribution in [-0.4, -0.2) is 14.5 Å². The Morgan fingerprint density at radius 3 is 2.06 bits per heavy atom. The van der Waals surface area contributed by atoms with Gasteiger partial charge < -0.3 is 4.98 Å². The van der Waals surface area contributed by atoms with Gasteiger partial charge in [0.25, 0.3) is 0 Å². The SMILES string of the molecule is O=c1[nH]c2cc(CCCC(c3ccc(F)cc3)c3ccc(F)cc3)ccc2n1-c1ccncc1. The van der Waals surface area contributed by atoms with Gasteiger partial charge in [-0.2, -0.15) is 0 Å². The normalized spacial score (nSPS) is 11.4. The van der Waals surface area contributed by atoms with Crippen molar-refractivity contribution in [2.24, 2.45) is 0 Å². The summed E-state index contributed by atoms with van der Waals surface area (Å²) < 4.78 is 28.6. The predicted molar refractivity (Wildman–Crippen MR) is 129 cm³/mol. The molecular formula is C28H23F2N3O. The van der Waals surface area contributed by atoms with Gasteiger partial charge in [-0.1, -0.05) is 30.3 Å². The lowest BCUT2D eigenvalue weighted by Crippen LogP contribution is -2.14. The molecule has 170 valence electrons. The van der Waals surface area contributed by atoms with Crippen molar-refractivity contribution in [2.75, 3.05) is 0 Å². The molecule has 0 amide bonds. The van der Waals surface area contributed by atoms with Gasteiger partial charge in [-0.05, 0) is 84.5 Å². The highest BCUT2D eigenvalue weighted by Gasteiger charge is 2.15. The summed E-state index contributed by atoms with van der Waals surface area (Å²) in [7, 11) is 0. The second kappa shape index (κ2) is 9.43. The minimum absolute atomic E-state index is 0.0394. The van der Waals surface area contributed by atoms with Crippen LogP contribution in [0.4, 0.5) is 8.78 Å². The van der Waals surface area contributed by atoms with Crippen LogP contribution in [0.5, 0.6) is 0 Å². The number of nitrogens with zero attached hydrogens (tertiary/aromatic N) is 2. The van der Waals surface area contributed by atoms with Gasteiger partial charge in [0.1, 0.15) is 11.6 Å². The Morgan fingerprint density at radius 2 is 1.44 bits per heavy atom. The fourth-order valence-electron chi connectivity index (χ4n) is 4.49. The highest BCUT2D eigenvalue weighted by atomic mass is 19.1. The van der Waals surface area contributed by atoms with Crippen molar-refractivity contribution in [1.29, 1.82) is 0 Å². The molecular weight excluding hydrogens is 432 g/mol. The molecule has 0 unspecified atom stereocenters. The molecule has 5 rings (SSSR count). The van der Waals surface area contributed by atoms with Crippen molar-refractivity contribution in [1.82, 2.24) is 14.5 Å². The van der Waals surface area contributed by atoms with E-state index in [9.17, 15) is 13.6 Å². The maximum atomic E-state index is 13.5. The lowest BCUT2D eigenvalue weighted by atomic mass is 9.86. The molecule has 34 heavy (non-hydrogen) atoms. The van der Waals surface area contributed by atoms with Crippen LogP contribution in [0.15, 0.2) is 96.1 Å². The van der Waals surface area contributed by atoms with E-state index in [1.807, 2.05) is 18.2 Å². The second-order valence-electron chi connectivity index (χ2n) is 8.37. The van der Waals surface area contributed by atoms with Crippen LogP contribution in [0.2, 0.25) is 0 Å². The Kier molecular flexibility index (Phi) is 6.04. The highest BCUT2D eigenvalue weighted by molar-refractivity contribution is 5.78. The zero-order valence-electron chi connectivity index (χ0n) is 18.4. The molecule has 3 aromatic carbocycles. The predicted octanol–water partition coefficient (Wildman–Crippen LogP) is 6.15. The molecule has 6 heteroatoms. The number of imidazole rings is 1. The van der Waals surface area contributed by atoms with Crippen LogP contribution in [0.25, 0.3) is 16.7 Å². The van der Waals surface area contributed by atoms with Crippen LogP contribution in [0.3, 0.4) is 0 Å². The third-order valence-corrected chi connectivity index (χ3v) is 6.17. The molecule has 2 aromatic heterocycles. The van der Waals surface area contributed by atoms with Gasteiger partial charge in [0, 0.05) is 18.3 Å². The van der Waals surface area contributed by atoms with Crippen LogP contribution in [0, 0.1) is 11.6 Å². The van der Waals surface area contributed by atoms with Crippen LogP contribution >= 0.6 is 0 Å². The van der Waals surface area contributed by atoms with Gasteiger partial charge in [-0.25, -0.2) is 13.6 Å². The summed E-state index contributed by atoms with van der Waals surface area (Å²) >= 11 is 0. The summed E-state index contributed by atoms with van der Waals surface area (Å²) in [6.45, 7) is 0. The topological polar surface area (TPSA) is 50.7 Å². The van der Waals surface area contributed by atoms with E-state index in [0.717, 1.165) is 52.7 Å². The molecule has 0 aliphatic carbocycles. The van der Waals surface area contributed by atoms with E-state index in [0.29, 0.717) is 0 Å². The highest BCUT2D eigenvalue weighted by Crippen LogP contribution is 2.30. The third-order valence-electron chi connectivity index (χ3n) is 6.17. The summed E-state index contributed by atoms with van der Waals surface area (Å²) in [5.41, 5.74) is 5.30. The third kappa shape index (κ3) is 4.53. The number of aromatic amines is 1. The molecule has 1 N–H and O–H groups in total. The van der Waals surface area contributed by atoms with E-state index in [-0.39, 0.29) is 23.2 Å². The molecule has 0 saturated heterocycles. The monoisotopic (exact) mass is 455 g/mol. The van der Waals surface area contributed by atoms with E-state index < -0.39 is 0 Å². The molecule has 0 fully saturated rings. The first-order valence-corrected chi connectivity index (χ1v) is 11.2. The smallest absolute Gasteiger partial charge is 0.305 e. The first-order chi connectivity index (χ1) is 16.6. The number of halogens is 2. The van der Waals surface area contributed by atoms with E-state index in [4.69, 9.17) is 0 Å². The average molecular weight is 456 g/mol. The molecule has 0 bridgehead atoms. The van der Waals surface area contributed by atoms with Crippen molar-refractivity contribution in [2.45, 2.75) is 25.2 Å².